The molecule has 0 bridgehead atoms. The first-order chi connectivity index (χ1) is 8.30. The topological polar surface area (TPSA) is 46.5 Å². The average molecular weight is 325 g/mol. The normalized spacial score (nSPS) is 23.1. The van der Waals surface area contributed by atoms with Gasteiger partial charge in [0.05, 0.1) is 4.47 Å². The maximum absolute atomic E-state index is 12.8. The predicted molar refractivity (Wildman–Crippen MR) is 59.4 cm³/mol. The molecule has 18 heavy (non-hydrogen) atoms. The quantitative estimate of drug-likeness (QED) is 0.863. The molecule has 0 saturated carbocycles. The molecule has 0 fully saturated rings. The second-order valence-corrected chi connectivity index (χ2v) is 4.81. The number of carboxylic acid groups (broad SMARTS) is 1. The van der Waals surface area contributed by atoms with Crippen LogP contribution in [-0.2, 0) is 11.2 Å². The van der Waals surface area contributed by atoms with Crippen molar-refractivity contribution in [2.24, 2.45) is 5.92 Å². The van der Waals surface area contributed by atoms with Crippen LogP contribution in [0, 0.1) is 5.92 Å². The van der Waals surface area contributed by atoms with E-state index >= 15 is 0 Å². The van der Waals surface area contributed by atoms with Crippen molar-refractivity contribution in [2.75, 3.05) is 0 Å². The standard InChI is InChI=1S/C11H8BrF3O3/c12-7-3-1-2-5-4-6(10(16)17)9(11(13,14)15)18-8(5)7/h1-3,6,9H,4H2,(H,16,17)/t6-,9-/m1/s1. The van der Waals surface area contributed by atoms with Crippen LogP contribution in [0.3, 0.4) is 0 Å². The summed E-state index contributed by atoms with van der Waals surface area (Å²) in [6.45, 7) is 0. The summed E-state index contributed by atoms with van der Waals surface area (Å²) < 4.78 is 43.6. The molecule has 0 spiro atoms. The predicted octanol–water partition coefficient (Wildman–Crippen LogP) is 3.02. The van der Waals surface area contributed by atoms with Crippen LogP contribution in [0.1, 0.15) is 5.56 Å². The lowest BCUT2D eigenvalue weighted by atomic mass is 9.90. The van der Waals surface area contributed by atoms with Gasteiger partial charge >= 0.3 is 12.1 Å². The second kappa shape index (κ2) is 4.46. The van der Waals surface area contributed by atoms with Crippen LogP contribution in [0.15, 0.2) is 22.7 Å². The molecule has 0 aromatic heterocycles. The van der Waals surface area contributed by atoms with Gasteiger partial charge in [-0.2, -0.15) is 13.2 Å². The molecule has 1 aliphatic rings. The molecule has 7 heteroatoms. The largest absolute Gasteiger partial charge is 0.481 e. The van der Waals surface area contributed by atoms with Gasteiger partial charge in [0.2, 0.25) is 6.10 Å². The summed E-state index contributed by atoms with van der Waals surface area (Å²) in [5.41, 5.74) is 0.456. The Labute approximate surface area is 109 Å². The number of alkyl halides is 3. The Balaban J connectivity index is 2.44. The van der Waals surface area contributed by atoms with Gasteiger partial charge in [0.15, 0.2) is 0 Å². The first kappa shape index (κ1) is 13.2. The van der Waals surface area contributed by atoms with E-state index in [0.29, 0.717) is 10.0 Å². The molecule has 0 amide bonds. The molecule has 1 aromatic carbocycles. The molecule has 98 valence electrons. The Kier molecular flexibility index (Phi) is 3.27. The minimum atomic E-state index is -4.71. The van der Waals surface area contributed by atoms with Gasteiger partial charge in [-0.05, 0) is 34.0 Å². The fraction of sp³-hybridized carbons (Fsp3) is 0.364. The van der Waals surface area contributed by atoms with Crippen molar-refractivity contribution >= 4 is 21.9 Å². The van der Waals surface area contributed by atoms with Gasteiger partial charge in [0.25, 0.3) is 0 Å². The number of ether oxygens (including phenoxy) is 1. The number of aliphatic carboxylic acids is 1. The minimum absolute atomic E-state index is 0.0670. The monoisotopic (exact) mass is 324 g/mol. The van der Waals surface area contributed by atoms with E-state index in [1.165, 1.54) is 0 Å². The van der Waals surface area contributed by atoms with E-state index in [1.807, 2.05) is 0 Å². The summed E-state index contributed by atoms with van der Waals surface area (Å²) in [5, 5.41) is 8.88. The second-order valence-electron chi connectivity index (χ2n) is 3.96. The first-order valence-corrected chi connectivity index (χ1v) is 5.83. The highest BCUT2D eigenvalue weighted by atomic mass is 79.9. The van der Waals surface area contributed by atoms with Crippen LogP contribution >= 0.6 is 15.9 Å². The number of hydrogen-bond acceptors (Lipinski definition) is 2. The number of rotatable bonds is 1. The van der Waals surface area contributed by atoms with Gasteiger partial charge in [0.1, 0.15) is 11.7 Å². The third-order valence-electron chi connectivity index (χ3n) is 2.74. The van der Waals surface area contributed by atoms with E-state index in [1.54, 1.807) is 18.2 Å². The van der Waals surface area contributed by atoms with Crippen LogP contribution < -0.4 is 4.74 Å². The molecular formula is C11H8BrF3O3. The number of carboxylic acids is 1. The van der Waals surface area contributed by atoms with Crippen molar-refractivity contribution in [3.8, 4) is 5.75 Å². The maximum atomic E-state index is 12.8. The van der Waals surface area contributed by atoms with E-state index in [2.05, 4.69) is 15.9 Å². The zero-order chi connectivity index (χ0) is 13.5. The zero-order valence-corrected chi connectivity index (χ0v) is 10.5. The van der Waals surface area contributed by atoms with Crippen molar-refractivity contribution < 1.29 is 27.8 Å². The zero-order valence-electron chi connectivity index (χ0n) is 8.87. The van der Waals surface area contributed by atoms with Crippen molar-refractivity contribution in [1.82, 2.24) is 0 Å². The van der Waals surface area contributed by atoms with Crippen molar-refractivity contribution in [2.45, 2.75) is 18.7 Å². The van der Waals surface area contributed by atoms with Crippen LogP contribution in [0.5, 0.6) is 5.75 Å². The van der Waals surface area contributed by atoms with Crippen LogP contribution in [0.4, 0.5) is 13.2 Å². The molecule has 1 N–H and O–H groups in total. The highest BCUT2D eigenvalue weighted by Crippen LogP contribution is 2.41. The number of benzene rings is 1. The summed E-state index contributed by atoms with van der Waals surface area (Å²) in [6, 6.07) is 4.73. The maximum Gasteiger partial charge on any atom is 0.426 e. The lowest BCUT2D eigenvalue weighted by Crippen LogP contribution is -2.47. The Morgan fingerprint density at radius 1 is 1.44 bits per heavy atom. The molecule has 1 heterocycles. The molecule has 0 saturated heterocycles. The number of carbonyl (C=O) groups is 1. The summed E-state index contributed by atoms with van der Waals surface area (Å²) >= 11 is 3.09. The Hall–Kier alpha value is -1.24. The van der Waals surface area contributed by atoms with Crippen molar-refractivity contribution in [3.05, 3.63) is 28.2 Å². The van der Waals surface area contributed by atoms with E-state index in [9.17, 15) is 18.0 Å². The number of hydrogen-bond donors (Lipinski definition) is 1. The van der Waals surface area contributed by atoms with E-state index in [0.717, 1.165) is 0 Å². The summed E-state index contributed by atoms with van der Waals surface area (Å²) in [7, 11) is 0. The van der Waals surface area contributed by atoms with Crippen molar-refractivity contribution in [3.63, 3.8) is 0 Å². The molecule has 0 aliphatic carbocycles. The Morgan fingerprint density at radius 3 is 2.67 bits per heavy atom. The molecule has 3 nitrogen and oxygen atoms in total. The van der Waals surface area contributed by atoms with Crippen LogP contribution in [0.25, 0.3) is 0 Å². The van der Waals surface area contributed by atoms with Crippen LogP contribution in [-0.4, -0.2) is 23.4 Å². The smallest absolute Gasteiger partial charge is 0.426 e. The van der Waals surface area contributed by atoms with Gasteiger partial charge < -0.3 is 9.84 Å². The third-order valence-corrected chi connectivity index (χ3v) is 3.36. The van der Waals surface area contributed by atoms with Crippen molar-refractivity contribution in [1.29, 1.82) is 0 Å². The highest BCUT2D eigenvalue weighted by molar-refractivity contribution is 9.10. The molecular weight excluding hydrogens is 317 g/mol. The van der Waals surface area contributed by atoms with Gasteiger partial charge in [-0.25, -0.2) is 0 Å². The van der Waals surface area contributed by atoms with E-state index < -0.39 is 24.2 Å². The van der Waals surface area contributed by atoms with E-state index in [-0.39, 0.29) is 12.2 Å². The SMILES string of the molecule is O=C(O)[C@@H]1Cc2cccc(Br)c2O[C@H]1C(F)(F)F. The molecule has 1 aromatic rings. The molecule has 0 radical (unpaired) electrons. The fourth-order valence-corrected chi connectivity index (χ4v) is 2.41. The molecule has 0 unspecified atom stereocenters. The van der Waals surface area contributed by atoms with Gasteiger partial charge in [0, 0.05) is 0 Å². The van der Waals surface area contributed by atoms with Gasteiger partial charge in [-0.15, -0.1) is 0 Å². The summed E-state index contributed by atoms with van der Waals surface area (Å²) in [6.07, 6.45) is -7.23. The molecule has 2 rings (SSSR count). The number of halogens is 4. The summed E-state index contributed by atoms with van der Waals surface area (Å²) in [4.78, 5) is 10.9. The van der Waals surface area contributed by atoms with Gasteiger partial charge in [-0.1, -0.05) is 12.1 Å². The lowest BCUT2D eigenvalue weighted by Gasteiger charge is -2.32. The lowest BCUT2D eigenvalue weighted by molar-refractivity contribution is -0.217. The molecule has 2 atom stereocenters. The Bertz CT molecular complexity index is 487. The Morgan fingerprint density at radius 2 is 2.11 bits per heavy atom. The van der Waals surface area contributed by atoms with Gasteiger partial charge in [-0.3, -0.25) is 4.79 Å². The average Bonchev–Trinajstić information content (AvgIpc) is 2.26. The minimum Gasteiger partial charge on any atom is -0.481 e. The number of para-hydroxylation sites is 1. The highest BCUT2D eigenvalue weighted by Gasteiger charge is 2.52. The first-order valence-electron chi connectivity index (χ1n) is 5.04. The molecule has 1 aliphatic heterocycles. The summed E-state index contributed by atoms with van der Waals surface area (Å²) in [5.74, 6) is -3.06. The third kappa shape index (κ3) is 2.31. The number of fused-ring (bicyclic) bond motifs is 1. The fourth-order valence-electron chi connectivity index (χ4n) is 1.91. The van der Waals surface area contributed by atoms with Crippen LogP contribution in [0.2, 0.25) is 0 Å². The van der Waals surface area contributed by atoms with E-state index in [4.69, 9.17) is 9.84 Å².